The number of amides is 1. The first-order valence-corrected chi connectivity index (χ1v) is 7.42. The number of rotatable bonds is 5. The Balaban J connectivity index is 0.00000242. The lowest BCUT2D eigenvalue weighted by molar-refractivity contribution is -0.145. The molecule has 0 aliphatic carbocycles. The van der Waals surface area contributed by atoms with Gasteiger partial charge in [-0.15, -0.1) is 12.4 Å². The molecule has 6 heteroatoms. The third kappa shape index (κ3) is 4.41. The third-order valence-corrected chi connectivity index (χ3v) is 3.85. The van der Waals surface area contributed by atoms with Crippen molar-refractivity contribution in [3.8, 4) is 0 Å². The van der Waals surface area contributed by atoms with Crippen molar-refractivity contribution in [3.05, 3.63) is 35.6 Å². The molecule has 1 aromatic rings. The minimum absolute atomic E-state index is 0. The zero-order chi connectivity index (χ0) is 15.4. The number of ether oxygens (including phenoxy) is 1. The molecule has 4 nitrogen and oxygen atoms in total. The molecular formula is C16H24ClFN2O2. The summed E-state index contributed by atoms with van der Waals surface area (Å²) < 4.78 is 19.4. The number of hydrogen-bond donors (Lipinski definition) is 1. The fourth-order valence-electron chi connectivity index (χ4n) is 2.57. The first-order valence-electron chi connectivity index (χ1n) is 7.42. The SMILES string of the molecule is CC(C)N(Cc1ccccc1F)C(=O)[C@@H]1CC[C@H](CN)O1.Cl. The van der Waals surface area contributed by atoms with Crippen molar-refractivity contribution < 1.29 is 13.9 Å². The fraction of sp³-hybridized carbons (Fsp3) is 0.562. The van der Waals surface area contributed by atoms with Crippen LogP contribution in [-0.4, -0.2) is 35.6 Å². The van der Waals surface area contributed by atoms with E-state index in [-0.39, 0.29) is 42.8 Å². The van der Waals surface area contributed by atoms with Crippen LogP contribution in [0.4, 0.5) is 4.39 Å². The molecule has 2 N–H and O–H groups in total. The Kier molecular flexibility index (Phi) is 7.26. The van der Waals surface area contributed by atoms with Gasteiger partial charge in [0.05, 0.1) is 6.10 Å². The second kappa shape index (κ2) is 8.46. The third-order valence-electron chi connectivity index (χ3n) is 3.85. The van der Waals surface area contributed by atoms with Gasteiger partial charge in [-0.3, -0.25) is 4.79 Å². The highest BCUT2D eigenvalue weighted by atomic mass is 35.5. The predicted octanol–water partition coefficient (Wildman–Crippen LogP) is 2.49. The van der Waals surface area contributed by atoms with Gasteiger partial charge in [0.15, 0.2) is 0 Å². The van der Waals surface area contributed by atoms with Crippen LogP contribution in [-0.2, 0) is 16.1 Å². The van der Waals surface area contributed by atoms with E-state index in [4.69, 9.17) is 10.5 Å². The topological polar surface area (TPSA) is 55.6 Å². The molecule has 0 saturated carbocycles. The van der Waals surface area contributed by atoms with Crippen molar-refractivity contribution >= 4 is 18.3 Å². The van der Waals surface area contributed by atoms with Crippen molar-refractivity contribution in [2.45, 2.75) is 51.5 Å². The van der Waals surface area contributed by atoms with Crippen LogP contribution in [0.5, 0.6) is 0 Å². The molecule has 1 amide bonds. The molecule has 124 valence electrons. The van der Waals surface area contributed by atoms with Gasteiger partial charge in [-0.1, -0.05) is 18.2 Å². The van der Waals surface area contributed by atoms with Crippen LogP contribution >= 0.6 is 12.4 Å². The molecule has 0 bridgehead atoms. The van der Waals surface area contributed by atoms with Crippen LogP contribution in [0.1, 0.15) is 32.3 Å². The molecule has 1 saturated heterocycles. The molecule has 0 unspecified atom stereocenters. The van der Waals surface area contributed by atoms with E-state index in [9.17, 15) is 9.18 Å². The second-order valence-electron chi connectivity index (χ2n) is 5.71. The maximum absolute atomic E-state index is 13.8. The second-order valence-corrected chi connectivity index (χ2v) is 5.71. The highest BCUT2D eigenvalue weighted by Crippen LogP contribution is 2.23. The summed E-state index contributed by atoms with van der Waals surface area (Å²) in [5.41, 5.74) is 6.10. The number of nitrogens with zero attached hydrogens (tertiary/aromatic N) is 1. The van der Waals surface area contributed by atoms with Crippen molar-refractivity contribution in [2.75, 3.05) is 6.54 Å². The number of nitrogens with two attached hydrogens (primary N) is 1. The van der Waals surface area contributed by atoms with Crippen molar-refractivity contribution in [1.29, 1.82) is 0 Å². The fourth-order valence-corrected chi connectivity index (χ4v) is 2.57. The molecule has 1 aromatic carbocycles. The lowest BCUT2D eigenvalue weighted by Crippen LogP contribution is -2.43. The Hall–Kier alpha value is -1.17. The van der Waals surface area contributed by atoms with Crippen LogP contribution in [0, 0.1) is 5.82 Å². The minimum atomic E-state index is -0.451. The van der Waals surface area contributed by atoms with Gasteiger partial charge in [-0.05, 0) is 32.8 Å². The van der Waals surface area contributed by atoms with E-state index in [1.807, 2.05) is 13.8 Å². The summed E-state index contributed by atoms with van der Waals surface area (Å²) in [5, 5.41) is 0. The first kappa shape index (κ1) is 18.9. The van der Waals surface area contributed by atoms with Crippen molar-refractivity contribution in [1.82, 2.24) is 4.90 Å². The summed E-state index contributed by atoms with van der Waals surface area (Å²) in [6.45, 7) is 4.54. The summed E-state index contributed by atoms with van der Waals surface area (Å²) in [4.78, 5) is 14.3. The summed E-state index contributed by atoms with van der Waals surface area (Å²) in [6, 6.07) is 6.52. The molecule has 1 aliphatic heterocycles. The van der Waals surface area contributed by atoms with Gasteiger partial charge in [0.1, 0.15) is 11.9 Å². The Morgan fingerprint density at radius 3 is 2.64 bits per heavy atom. The van der Waals surface area contributed by atoms with Crippen molar-refractivity contribution in [3.63, 3.8) is 0 Å². The predicted molar refractivity (Wildman–Crippen MR) is 86.3 cm³/mol. The summed E-state index contributed by atoms with van der Waals surface area (Å²) in [5.74, 6) is -0.368. The zero-order valence-electron chi connectivity index (χ0n) is 13.0. The average molecular weight is 331 g/mol. The molecule has 1 fully saturated rings. The summed E-state index contributed by atoms with van der Waals surface area (Å²) in [6.07, 6.45) is 0.994. The van der Waals surface area contributed by atoms with Crippen LogP contribution in [0.3, 0.4) is 0 Å². The number of halogens is 2. The van der Waals surface area contributed by atoms with Gasteiger partial charge in [0.25, 0.3) is 5.91 Å². The smallest absolute Gasteiger partial charge is 0.252 e. The highest BCUT2D eigenvalue weighted by molar-refractivity contribution is 5.85. The minimum Gasteiger partial charge on any atom is -0.364 e. The van der Waals surface area contributed by atoms with Gasteiger partial charge in [-0.25, -0.2) is 4.39 Å². The normalized spacial score (nSPS) is 20.8. The van der Waals surface area contributed by atoms with E-state index in [1.54, 1.807) is 23.1 Å². The van der Waals surface area contributed by atoms with Gasteiger partial charge < -0.3 is 15.4 Å². The lowest BCUT2D eigenvalue weighted by Gasteiger charge is -2.29. The molecular weight excluding hydrogens is 307 g/mol. The molecule has 2 rings (SSSR count). The number of carbonyl (C=O) groups is 1. The monoisotopic (exact) mass is 330 g/mol. The van der Waals surface area contributed by atoms with Gasteiger partial charge >= 0.3 is 0 Å². The maximum atomic E-state index is 13.8. The maximum Gasteiger partial charge on any atom is 0.252 e. The Bertz CT molecular complexity index is 499. The van der Waals surface area contributed by atoms with E-state index in [0.717, 1.165) is 6.42 Å². The number of hydrogen-bond acceptors (Lipinski definition) is 3. The Morgan fingerprint density at radius 1 is 1.41 bits per heavy atom. The van der Waals surface area contributed by atoms with Gasteiger partial charge in [0, 0.05) is 24.7 Å². The zero-order valence-corrected chi connectivity index (χ0v) is 13.8. The largest absolute Gasteiger partial charge is 0.364 e. The highest BCUT2D eigenvalue weighted by Gasteiger charge is 2.34. The van der Waals surface area contributed by atoms with Crippen LogP contribution in [0.15, 0.2) is 24.3 Å². The van der Waals surface area contributed by atoms with Gasteiger partial charge in [-0.2, -0.15) is 0 Å². The molecule has 2 atom stereocenters. The molecule has 0 spiro atoms. The molecule has 1 aliphatic rings. The lowest BCUT2D eigenvalue weighted by atomic mass is 10.1. The Morgan fingerprint density at radius 2 is 2.09 bits per heavy atom. The number of carbonyl (C=O) groups excluding carboxylic acids is 1. The average Bonchev–Trinajstić information content (AvgIpc) is 2.94. The number of benzene rings is 1. The molecule has 22 heavy (non-hydrogen) atoms. The quantitative estimate of drug-likeness (QED) is 0.902. The standard InChI is InChI=1S/C16H23FN2O2.ClH/c1-11(2)19(10-12-5-3-4-6-14(12)17)16(20)15-8-7-13(9-18)21-15;/h3-6,11,13,15H,7-10,18H2,1-2H3;1H/t13-,15+;/m1./s1. The molecule has 1 heterocycles. The van der Waals surface area contributed by atoms with E-state index >= 15 is 0 Å². The first-order chi connectivity index (χ1) is 10.0. The van der Waals surface area contributed by atoms with E-state index < -0.39 is 6.10 Å². The van der Waals surface area contributed by atoms with Crippen LogP contribution in [0.2, 0.25) is 0 Å². The van der Waals surface area contributed by atoms with E-state index in [1.165, 1.54) is 6.07 Å². The van der Waals surface area contributed by atoms with Gasteiger partial charge in [0.2, 0.25) is 0 Å². The Labute approximate surface area is 137 Å². The van der Waals surface area contributed by atoms with Crippen molar-refractivity contribution in [2.24, 2.45) is 5.73 Å². The van der Waals surface area contributed by atoms with E-state index in [2.05, 4.69) is 0 Å². The van der Waals surface area contributed by atoms with Crippen LogP contribution < -0.4 is 5.73 Å². The van der Waals surface area contributed by atoms with Crippen LogP contribution in [0.25, 0.3) is 0 Å². The summed E-state index contributed by atoms with van der Waals surface area (Å²) in [7, 11) is 0. The summed E-state index contributed by atoms with van der Waals surface area (Å²) >= 11 is 0. The van der Waals surface area contributed by atoms with E-state index in [0.29, 0.717) is 18.5 Å². The molecule has 0 aromatic heterocycles. The molecule has 0 radical (unpaired) electrons.